The molecule has 1 aromatic heterocycles. The van der Waals surface area contributed by atoms with Crippen LogP contribution in [0.15, 0.2) is 30.3 Å². The molecule has 0 aliphatic rings. The first kappa shape index (κ1) is 11.8. The molecule has 1 aromatic carbocycles. The number of pyridine rings is 1. The number of benzene rings is 1. The van der Waals surface area contributed by atoms with Gasteiger partial charge in [-0.1, -0.05) is 18.2 Å². The number of nitrogens with zero attached hydrogens (tertiary/aromatic N) is 1. The number of aromatic nitrogens is 1. The van der Waals surface area contributed by atoms with E-state index in [0.29, 0.717) is 13.2 Å². The highest BCUT2D eigenvalue weighted by molar-refractivity contribution is 5.91. The van der Waals surface area contributed by atoms with E-state index in [9.17, 15) is 0 Å². The van der Waals surface area contributed by atoms with Crippen molar-refractivity contribution in [1.82, 2.24) is 4.98 Å². The van der Waals surface area contributed by atoms with Gasteiger partial charge in [-0.05, 0) is 12.1 Å². The van der Waals surface area contributed by atoms with Gasteiger partial charge in [0.1, 0.15) is 0 Å². The third kappa shape index (κ3) is 2.72. The van der Waals surface area contributed by atoms with Crippen molar-refractivity contribution in [3.05, 3.63) is 36.0 Å². The summed E-state index contributed by atoms with van der Waals surface area (Å²) in [4.78, 5) is 4.49. The summed E-state index contributed by atoms with van der Waals surface area (Å²) >= 11 is 0. The summed E-state index contributed by atoms with van der Waals surface area (Å²) < 4.78 is 5.03. The van der Waals surface area contributed by atoms with Crippen LogP contribution >= 0.6 is 0 Å². The zero-order chi connectivity index (χ0) is 12.1. The minimum Gasteiger partial charge on any atom is -0.383 e. The molecule has 0 bridgehead atoms. The first-order valence-corrected chi connectivity index (χ1v) is 5.66. The van der Waals surface area contributed by atoms with E-state index in [-0.39, 0.29) is 0 Å². The molecule has 1 heterocycles. The van der Waals surface area contributed by atoms with Crippen molar-refractivity contribution in [3.63, 3.8) is 0 Å². The van der Waals surface area contributed by atoms with Gasteiger partial charge in [-0.15, -0.1) is 0 Å². The van der Waals surface area contributed by atoms with E-state index in [0.717, 1.165) is 28.8 Å². The predicted molar refractivity (Wildman–Crippen MR) is 70.0 cm³/mol. The molecule has 0 atom stereocenters. The Morgan fingerprint density at radius 2 is 2.18 bits per heavy atom. The smallest absolute Gasteiger partial charge is 0.0726 e. The maximum atomic E-state index is 5.65. The van der Waals surface area contributed by atoms with Crippen LogP contribution in [-0.4, -0.2) is 25.2 Å². The van der Waals surface area contributed by atoms with E-state index in [4.69, 9.17) is 10.5 Å². The number of methoxy groups -OCH3 is 1. The summed E-state index contributed by atoms with van der Waals surface area (Å²) in [6, 6.07) is 10.0. The van der Waals surface area contributed by atoms with E-state index < -0.39 is 0 Å². The molecule has 0 saturated heterocycles. The lowest BCUT2D eigenvalue weighted by Crippen LogP contribution is -2.09. The lowest BCUT2D eigenvalue weighted by Gasteiger charge is -2.10. The largest absolute Gasteiger partial charge is 0.383 e. The summed E-state index contributed by atoms with van der Waals surface area (Å²) in [7, 11) is 1.69. The van der Waals surface area contributed by atoms with Gasteiger partial charge in [-0.25, -0.2) is 0 Å². The zero-order valence-corrected chi connectivity index (χ0v) is 9.94. The van der Waals surface area contributed by atoms with E-state index in [1.165, 1.54) is 0 Å². The summed E-state index contributed by atoms with van der Waals surface area (Å²) in [6.07, 6.45) is 0. The Balaban J connectivity index is 2.36. The highest BCUT2D eigenvalue weighted by atomic mass is 16.5. The van der Waals surface area contributed by atoms with Gasteiger partial charge in [0.2, 0.25) is 0 Å². The molecule has 0 saturated carbocycles. The van der Waals surface area contributed by atoms with E-state index >= 15 is 0 Å². The first-order chi connectivity index (χ1) is 8.35. The Hall–Kier alpha value is -1.65. The molecule has 0 aliphatic carbocycles. The number of nitrogens with one attached hydrogen (secondary N) is 1. The second kappa shape index (κ2) is 5.61. The normalized spacial score (nSPS) is 10.7. The quantitative estimate of drug-likeness (QED) is 0.770. The maximum absolute atomic E-state index is 5.65. The Morgan fingerprint density at radius 3 is 2.94 bits per heavy atom. The van der Waals surface area contributed by atoms with Crippen LogP contribution in [0.4, 0.5) is 5.69 Å². The lowest BCUT2D eigenvalue weighted by atomic mass is 10.1. The first-order valence-electron chi connectivity index (χ1n) is 5.66. The van der Waals surface area contributed by atoms with Crippen molar-refractivity contribution < 1.29 is 4.74 Å². The Morgan fingerprint density at radius 1 is 1.35 bits per heavy atom. The van der Waals surface area contributed by atoms with Gasteiger partial charge in [0.25, 0.3) is 0 Å². The van der Waals surface area contributed by atoms with Crippen LogP contribution in [0, 0.1) is 0 Å². The number of anilines is 1. The van der Waals surface area contributed by atoms with E-state index in [1.807, 2.05) is 24.3 Å². The highest BCUT2D eigenvalue weighted by Crippen LogP contribution is 2.22. The molecule has 4 heteroatoms. The van der Waals surface area contributed by atoms with Crippen molar-refractivity contribution in [2.75, 3.05) is 25.6 Å². The molecule has 0 fully saturated rings. The summed E-state index contributed by atoms with van der Waals surface area (Å²) in [5.74, 6) is 0. The monoisotopic (exact) mass is 231 g/mol. The minimum absolute atomic E-state index is 0.448. The highest BCUT2D eigenvalue weighted by Gasteiger charge is 2.03. The number of hydrogen-bond acceptors (Lipinski definition) is 4. The molecule has 17 heavy (non-hydrogen) atoms. The number of para-hydroxylation sites is 1. The molecule has 4 nitrogen and oxygen atoms in total. The average Bonchev–Trinajstić information content (AvgIpc) is 2.38. The van der Waals surface area contributed by atoms with Gasteiger partial charge in [0.15, 0.2) is 0 Å². The fourth-order valence-electron chi connectivity index (χ4n) is 1.77. The van der Waals surface area contributed by atoms with Crippen molar-refractivity contribution in [2.45, 2.75) is 6.54 Å². The van der Waals surface area contributed by atoms with Gasteiger partial charge in [0, 0.05) is 31.3 Å². The molecule has 0 aliphatic heterocycles. The second-order valence-electron chi connectivity index (χ2n) is 3.80. The summed E-state index contributed by atoms with van der Waals surface area (Å²) in [5.41, 5.74) is 8.57. The fourth-order valence-corrected chi connectivity index (χ4v) is 1.77. The van der Waals surface area contributed by atoms with Gasteiger partial charge in [-0.2, -0.15) is 0 Å². The lowest BCUT2D eigenvalue weighted by molar-refractivity contribution is 0.211. The van der Waals surface area contributed by atoms with Crippen molar-refractivity contribution in [3.8, 4) is 0 Å². The SMILES string of the molecule is COCCNc1cc(CN)nc2ccccc12. The van der Waals surface area contributed by atoms with Crippen molar-refractivity contribution >= 4 is 16.6 Å². The van der Waals surface area contributed by atoms with Gasteiger partial charge in [0.05, 0.1) is 17.8 Å². The van der Waals surface area contributed by atoms with Crippen molar-refractivity contribution in [2.24, 2.45) is 5.73 Å². The minimum atomic E-state index is 0.448. The van der Waals surface area contributed by atoms with E-state index in [2.05, 4.69) is 16.4 Å². The van der Waals surface area contributed by atoms with Crippen LogP contribution in [0.25, 0.3) is 10.9 Å². The second-order valence-corrected chi connectivity index (χ2v) is 3.80. The third-order valence-corrected chi connectivity index (χ3v) is 2.60. The molecule has 0 spiro atoms. The molecule has 0 unspecified atom stereocenters. The van der Waals surface area contributed by atoms with Gasteiger partial charge in [-0.3, -0.25) is 4.98 Å². The van der Waals surface area contributed by atoms with Crippen LogP contribution in [0.1, 0.15) is 5.69 Å². The number of hydrogen-bond donors (Lipinski definition) is 2. The maximum Gasteiger partial charge on any atom is 0.0726 e. The Labute approximate surface area is 101 Å². The number of nitrogens with two attached hydrogens (primary N) is 1. The Bertz CT molecular complexity index is 499. The number of ether oxygens (including phenoxy) is 1. The average molecular weight is 231 g/mol. The molecule has 2 rings (SSSR count). The summed E-state index contributed by atoms with van der Waals surface area (Å²) in [6.45, 7) is 1.90. The number of fused-ring (bicyclic) bond motifs is 1. The fraction of sp³-hybridized carbons (Fsp3) is 0.308. The molecule has 0 radical (unpaired) electrons. The van der Waals surface area contributed by atoms with Gasteiger partial charge >= 0.3 is 0 Å². The molecule has 0 amide bonds. The van der Waals surface area contributed by atoms with Gasteiger partial charge < -0.3 is 15.8 Å². The molecule has 2 aromatic rings. The Kier molecular flexibility index (Phi) is 3.90. The van der Waals surface area contributed by atoms with Crippen LogP contribution in [-0.2, 0) is 11.3 Å². The van der Waals surface area contributed by atoms with Crippen molar-refractivity contribution in [1.29, 1.82) is 0 Å². The van der Waals surface area contributed by atoms with Crippen LogP contribution < -0.4 is 11.1 Å². The van der Waals surface area contributed by atoms with Crippen LogP contribution in [0.5, 0.6) is 0 Å². The van der Waals surface area contributed by atoms with Crippen LogP contribution in [0.2, 0.25) is 0 Å². The molecular formula is C13H17N3O. The van der Waals surface area contributed by atoms with E-state index in [1.54, 1.807) is 7.11 Å². The van der Waals surface area contributed by atoms with Crippen LogP contribution in [0.3, 0.4) is 0 Å². The molecule has 3 N–H and O–H groups in total. The topological polar surface area (TPSA) is 60.2 Å². The summed E-state index contributed by atoms with van der Waals surface area (Å²) in [5, 5.41) is 4.45. The third-order valence-electron chi connectivity index (χ3n) is 2.60. The molecule has 90 valence electrons. The molecular weight excluding hydrogens is 214 g/mol. The zero-order valence-electron chi connectivity index (χ0n) is 9.94. The number of rotatable bonds is 5. The standard InChI is InChI=1S/C13H17N3O/c1-17-7-6-15-13-8-10(9-14)16-12-5-3-2-4-11(12)13/h2-5,8H,6-7,9,14H2,1H3,(H,15,16). The predicted octanol–water partition coefficient (Wildman–Crippen LogP) is 1.75.